The summed E-state index contributed by atoms with van der Waals surface area (Å²) in [6, 6.07) is 0. The Morgan fingerprint density at radius 1 is 1.31 bits per heavy atom. The minimum atomic E-state index is -0.835. The number of hydrogen-bond donors (Lipinski definition) is 1. The summed E-state index contributed by atoms with van der Waals surface area (Å²) in [6.45, 7) is 0. The maximum Gasteiger partial charge on any atom is 0.249 e. The van der Waals surface area contributed by atoms with E-state index in [1.54, 1.807) is 18.4 Å². The number of carbonyl (C=O) groups is 1. The second kappa shape index (κ2) is 4.70. The largest absolute Gasteiger partial charge is 0.469 e. The van der Waals surface area contributed by atoms with Gasteiger partial charge in [0.2, 0.25) is 12.2 Å². The van der Waals surface area contributed by atoms with E-state index in [1.807, 2.05) is 6.08 Å². The molecule has 88 valence electrons. The van der Waals surface area contributed by atoms with Gasteiger partial charge in [-0.15, -0.1) is 0 Å². The molecule has 2 aliphatic rings. The standard InChI is InChI=1S/C12H17NO3/c13-11(14)12(7-3-1-4-8-12)16-10-6-2-5-9-15-10/h2,5-6,9-10H,1,3-4,7-8H2,(H2,13,14). The van der Waals surface area contributed by atoms with Crippen molar-refractivity contribution in [3.8, 4) is 0 Å². The van der Waals surface area contributed by atoms with Crippen LogP contribution in [0.15, 0.2) is 24.5 Å². The van der Waals surface area contributed by atoms with Gasteiger partial charge in [0.15, 0.2) is 5.60 Å². The zero-order chi connectivity index (χ0) is 11.4. The van der Waals surface area contributed by atoms with Crippen LogP contribution in [0.25, 0.3) is 0 Å². The summed E-state index contributed by atoms with van der Waals surface area (Å²) < 4.78 is 11.0. The first-order valence-corrected chi connectivity index (χ1v) is 5.69. The average molecular weight is 223 g/mol. The molecule has 1 amide bonds. The monoisotopic (exact) mass is 223 g/mol. The molecule has 4 heteroatoms. The lowest BCUT2D eigenvalue weighted by Crippen LogP contribution is -2.49. The molecule has 0 aromatic heterocycles. The molecule has 0 saturated heterocycles. The average Bonchev–Trinajstić information content (AvgIpc) is 2.31. The third-order valence-electron chi connectivity index (χ3n) is 3.12. The quantitative estimate of drug-likeness (QED) is 0.790. The van der Waals surface area contributed by atoms with Gasteiger partial charge in [0.1, 0.15) is 0 Å². The first-order valence-electron chi connectivity index (χ1n) is 5.69. The Morgan fingerprint density at radius 2 is 2.06 bits per heavy atom. The van der Waals surface area contributed by atoms with E-state index in [0.29, 0.717) is 12.8 Å². The molecule has 0 spiro atoms. The molecule has 1 atom stereocenters. The van der Waals surface area contributed by atoms with Crippen LogP contribution < -0.4 is 5.73 Å². The molecule has 0 bridgehead atoms. The van der Waals surface area contributed by atoms with E-state index in [-0.39, 0.29) is 5.91 Å². The summed E-state index contributed by atoms with van der Waals surface area (Å²) in [5.41, 5.74) is 4.62. The summed E-state index contributed by atoms with van der Waals surface area (Å²) in [5.74, 6) is -0.376. The number of primary amides is 1. The van der Waals surface area contributed by atoms with Crippen LogP contribution in [0.1, 0.15) is 32.1 Å². The van der Waals surface area contributed by atoms with Crippen molar-refractivity contribution in [1.29, 1.82) is 0 Å². The Bertz CT molecular complexity index is 316. The molecule has 2 N–H and O–H groups in total. The third kappa shape index (κ3) is 2.27. The van der Waals surface area contributed by atoms with E-state index >= 15 is 0 Å². The van der Waals surface area contributed by atoms with Crippen molar-refractivity contribution in [1.82, 2.24) is 0 Å². The van der Waals surface area contributed by atoms with Gasteiger partial charge in [0.05, 0.1) is 6.26 Å². The Morgan fingerprint density at radius 3 is 2.62 bits per heavy atom. The van der Waals surface area contributed by atoms with E-state index in [4.69, 9.17) is 15.2 Å². The van der Waals surface area contributed by atoms with Gasteiger partial charge in [-0.3, -0.25) is 4.79 Å². The van der Waals surface area contributed by atoms with Crippen molar-refractivity contribution in [2.45, 2.75) is 44.0 Å². The van der Waals surface area contributed by atoms with Gasteiger partial charge in [-0.2, -0.15) is 0 Å². The maximum atomic E-state index is 11.5. The molecular weight excluding hydrogens is 206 g/mol. The SMILES string of the molecule is NC(=O)C1(OC2C=CC=CO2)CCCCC1. The van der Waals surface area contributed by atoms with Crippen LogP contribution in [0.2, 0.25) is 0 Å². The molecule has 1 aliphatic carbocycles. The molecule has 1 heterocycles. The van der Waals surface area contributed by atoms with Crippen LogP contribution in [-0.2, 0) is 14.3 Å². The topological polar surface area (TPSA) is 61.6 Å². The third-order valence-corrected chi connectivity index (χ3v) is 3.12. The van der Waals surface area contributed by atoms with Crippen LogP contribution in [0, 0.1) is 0 Å². The van der Waals surface area contributed by atoms with Gasteiger partial charge in [-0.1, -0.05) is 25.3 Å². The van der Waals surface area contributed by atoms with Crippen molar-refractivity contribution in [2.75, 3.05) is 0 Å². The van der Waals surface area contributed by atoms with Crippen LogP contribution in [0.4, 0.5) is 0 Å². The van der Waals surface area contributed by atoms with E-state index < -0.39 is 11.9 Å². The minimum absolute atomic E-state index is 0.376. The Hall–Kier alpha value is -1.29. The minimum Gasteiger partial charge on any atom is -0.469 e. The highest BCUT2D eigenvalue weighted by Crippen LogP contribution is 2.33. The molecule has 1 unspecified atom stereocenters. The smallest absolute Gasteiger partial charge is 0.249 e. The first-order chi connectivity index (χ1) is 7.73. The number of ether oxygens (including phenoxy) is 2. The highest BCUT2D eigenvalue weighted by Gasteiger charge is 2.41. The lowest BCUT2D eigenvalue weighted by atomic mass is 9.84. The number of carbonyl (C=O) groups excluding carboxylic acids is 1. The van der Waals surface area contributed by atoms with Crippen molar-refractivity contribution >= 4 is 5.91 Å². The lowest BCUT2D eigenvalue weighted by Gasteiger charge is -2.36. The summed E-state index contributed by atoms with van der Waals surface area (Å²) in [4.78, 5) is 11.5. The van der Waals surface area contributed by atoms with E-state index in [1.165, 1.54) is 0 Å². The molecule has 1 fully saturated rings. The van der Waals surface area contributed by atoms with Crippen LogP contribution in [-0.4, -0.2) is 17.8 Å². The predicted octanol–water partition coefficient (Wildman–Crippen LogP) is 1.62. The zero-order valence-corrected chi connectivity index (χ0v) is 9.22. The number of rotatable bonds is 3. The van der Waals surface area contributed by atoms with Gasteiger partial charge in [-0.05, 0) is 25.0 Å². The van der Waals surface area contributed by atoms with Gasteiger partial charge in [-0.25, -0.2) is 0 Å². The molecule has 16 heavy (non-hydrogen) atoms. The van der Waals surface area contributed by atoms with Crippen LogP contribution >= 0.6 is 0 Å². The normalized spacial score (nSPS) is 27.4. The molecule has 0 radical (unpaired) electrons. The fourth-order valence-corrected chi connectivity index (χ4v) is 2.20. The van der Waals surface area contributed by atoms with E-state index in [9.17, 15) is 4.79 Å². The Kier molecular flexibility index (Phi) is 3.29. The zero-order valence-electron chi connectivity index (χ0n) is 9.22. The summed E-state index contributed by atoms with van der Waals surface area (Å²) in [6.07, 6.45) is 10.9. The van der Waals surface area contributed by atoms with Crippen molar-refractivity contribution < 1.29 is 14.3 Å². The summed E-state index contributed by atoms with van der Waals surface area (Å²) >= 11 is 0. The summed E-state index contributed by atoms with van der Waals surface area (Å²) in [7, 11) is 0. The number of allylic oxidation sites excluding steroid dienone is 2. The fraction of sp³-hybridized carbons (Fsp3) is 0.583. The molecular formula is C12H17NO3. The molecule has 0 aromatic carbocycles. The molecule has 2 rings (SSSR count). The van der Waals surface area contributed by atoms with Gasteiger partial charge in [0, 0.05) is 0 Å². The first kappa shape index (κ1) is 11.2. The van der Waals surface area contributed by atoms with Gasteiger partial charge < -0.3 is 15.2 Å². The van der Waals surface area contributed by atoms with Gasteiger partial charge >= 0.3 is 0 Å². The Labute approximate surface area is 95.1 Å². The fourth-order valence-electron chi connectivity index (χ4n) is 2.20. The lowest BCUT2D eigenvalue weighted by molar-refractivity contribution is -0.187. The maximum absolute atomic E-state index is 11.5. The van der Waals surface area contributed by atoms with Crippen molar-refractivity contribution in [3.63, 3.8) is 0 Å². The van der Waals surface area contributed by atoms with E-state index in [2.05, 4.69) is 0 Å². The number of nitrogens with two attached hydrogens (primary N) is 1. The van der Waals surface area contributed by atoms with Crippen molar-refractivity contribution in [2.24, 2.45) is 5.73 Å². The number of hydrogen-bond acceptors (Lipinski definition) is 3. The highest BCUT2D eigenvalue weighted by molar-refractivity contribution is 5.83. The highest BCUT2D eigenvalue weighted by atomic mass is 16.7. The van der Waals surface area contributed by atoms with Gasteiger partial charge in [0.25, 0.3) is 0 Å². The van der Waals surface area contributed by atoms with Crippen LogP contribution in [0.5, 0.6) is 0 Å². The van der Waals surface area contributed by atoms with Crippen molar-refractivity contribution in [3.05, 3.63) is 24.5 Å². The summed E-state index contributed by atoms with van der Waals surface area (Å²) in [5, 5.41) is 0. The Balaban J connectivity index is 2.04. The second-order valence-electron chi connectivity index (χ2n) is 4.25. The molecule has 1 aliphatic heterocycles. The molecule has 0 aromatic rings. The second-order valence-corrected chi connectivity index (χ2v) is 4.25. The number of amides is 1. The predicted molar refractivity (Wildman–Crippen MR) is 59.2 cm³/mol. The molecule has 1 saturated carbocycles. The van der Waals surface area contributed by atoms with E-state index in [0.717, 1.165) is 19.3 Å². The van der Waals surface area contributed by atoms with Crippen LogP contribution in [0.3, 0.4) is 0 Å². The molecule has 4 nitrogen and oxygen atoms in total.